The molecule has 1 nitrogen and oxygen atoms in total. The summed E-state index contributed by atoms with van der Waals surface area (Å²) in [5.74, 6) is 0. The van der Waals surface area contributed by atoms with Gasteiger partial charge in [-0.1, -0.05) is 26.0 Å². The van der Waals surface area contributed by atoms with Crippen LogP contribution in [0.25, 0.3) is 0 Å². The molecular formula is C14H21N. The molecule has 15 heavy (non-hydrogen) atoms. The van der Waals surface area contributed by atoms with Crippen molar-refractivity contribution in [2.24, 2.45) is 5.41 Å². The van der Waals surface area contributed by atoms with E-state index in [4.69, 9.17) is 0 Å². The van der Waals surface area contributed by atoms with E-state index in [2.05, 4.69) is 50.4 Å². The molecule has 1 N–H and O–H groups in total. The molecule has 1 heteroatoms. The molecule has 1 aromatic rings. The summed E-state index contributed by atoms with van der Waals surface area (Å²) in [6, 6.07) is 9.40. The Kier molecular flexibility index (Phi) is 2.72. The lowest BCUT2D eigenvalue weighted by molar-refractivity contribution is 0.493. The predicted molar refractivity (Wildman–Crippen MR) is 66.2 cm³/mol. The van der Waals surface area contributed by atoms with Crippen LogP contribution in [-0.4, -0.2) is 6.04 Å². The molecule has 1 aliphatic carbocycles. The second kappa shape index (κ2) is 3.88. The highest BCUT2D eigenvalue weighted by Crippen LogP contribution is 2.48. The minimum atomic E-state index is 0.545. The summed E-state index contributed by atoms with van der Waals surface area (Å²) in [5, 5.41) is 3.60. The van der Waals surface area contributed by atoms with Crippen molar-refractivity contribution in [2.75, 3.05) is 5.32 Å². The van der Waals surface area contributed by atoms with E-state index < -0.39 is 0 Å². The van der Waals surface area contributed by atoms with E-state index >= 15 is 0 Å². The highest BCUT2D eigenvalue weighted by molar-refractivity contribution is 5.46. The molecule has 1 unspecified atom stereocenters. The van der Waals surface area contributed by atoms with E-state index in [0.29, 0.717) is 11.5 Å². The fourth-order valence-corrected chi connectivity index (χ4v) is 1.89. The Morgan fingerprint density at radius 3 is 2.33 bits per heavy atom. The van der Waals surface area contributed by atoms with Gasteiger partial charge in [-0.15, -0.1) is 0 Å². The molecule has 0 amide bonds. The molecule has 1 aliphatic rings. The lowest BCUT2D eigenvalue weighted by Crippen LogP contribution is -2.24. The molecule has 0 spiro atoms. The van der Waals surface area contributed by atoms with Crippen molar-refractivity contribution in [3.63, 3.8) is 0 Å². The molecule has 1 atom stereocenters. The normalized spacial score (nSPS) is 19.7. The van der Waals surface area contributed by atoms with E-state index in [9.17, 15) is 0 Å². The summed E-state index contributed by atoms with van der Waals surface area (Å²) < 4.78 is 0. The van der Waals surface area contributed by atoms with Crippen LogP contribution in [-0.2, 0) is 6.42 Å². The number of rotatable bonds is 4. The van der Waals surface area contributed by atoms with Gasteiger partial charge in [-0.2, -0.15) is 0 Å². The predicted octanol–water partition coefficient (Wildman–Crippen LogP) is 3.85. The monoisotopic (exact) mass is 203 g/mol. The Balaban J connectivity index is 1.98. The number of benzene rings is 1. The summed E-state index contributed by atoms with van der Waals surface area (Å²) >= 11 is 0. The fraction of sp³-hybridized carbons (Fsp3) is 0.571. The van der Waals surface area contributed by atoms with Crippen LogP contribution >= 0.6 is 0 Å². The van der Waals surface area contributed by atoms with Crippen LogP contribution in [0.1, 0.15) is 39.2 Å². The molecule has 0 radical (unpaired) electrons. The Morgan fingerprint density at radius 2 is 1.87 bits per heavy atom. The van der Waals surface area contributed by atoms with Crippen molar-refractivity contribution >= 4 is 5.69 Å². The van der Waals surface area contributed by atoms with Crippen molar-refractivity contribution in [1.82, 2.24) is 0 Å². The molecule has 1 aromatic carbocycles. The van der Waals surface area contributed by atoms with Gasteiger partial charge >= 0.3 is 0 Å². The molecule has 0 saturated heterocycles. The van der Waals surface area contributed by atoms with Crippen LogP contribution in [0.5, 0.6) is 0 Å². The molecule has 0 bridgehead atoms. The Hall–Kier alpha value is -0.980. The maximum Gasteiger partial charge on any atom is 0.0342 e. The lowest BCUT2D eigenvalue weighted by Gasteiger charge is -2.21. The molecule has 82 valence electrons. The minimum absolute atomic E-state index is 0.545. The summed E-state index contributed by atoms with van der Waals surface area (Å²) in [6.45, 7) is 6.85. The van der Waals surface area contributed by atoms with Crippen LogP contribution in [0.2, 0.25) is 0 Å². The van der Waals surface area contributed by atoms with Crippen LogP contribution < -0.4 is 5.32 Å². The average Bonchev–Trinajstić information content (AvgIpc) is 2.99. The second-order valence-corrected chi connectivity index (χ2v) is 5.07. The van der Waals surface area contributed by atoms with Crippen molar-refractivity contribution in [1.29, 1.82) is 0 Å². The maximum absolute atomic E-state index is 3.60. The van der Waals surface area contributed by atoms with Gasteiger partial charge in [-0.3, -0.25) is 0 Å². The maximum atomic E-state index is 3.60. The van der Waals surface area contributed by atoms with Gasteiger partial charge in [0.2, 0.25) is 0 Å². The van der Waals surface area contributed by atoms with E-state index in [1.54, 1.807) is 0 Å². The van der Waals surface area contributed by atoms with E-state index in [1.165, 1.54) is 24.1 Å². The number of aryl methyl sites for hydroxylation is 1. The van der Waals surface area contributed by atoms with Gasteiger partial charge in [0, 0.05) is 11.7 Å². The van der Waals surface area contributed by atoms with Gasteiger partial charge in [0.05, 0.1) is 0 Å². The van der Waals surface area contributed by atoms with E-state index in [-0.39, 0.29) is 0 Å². The summed E-state index contributed by atoms with van der Waals surface area (Å²) in [5.41, 5.74) is 3.21. The molecule has 0 heterocycles. The topological polar surface area (TPSA) is 12.0 Å². The van der Waals surface area contributed by atoms with Gasteiger partial charge in [0.25, 0.3) is 0 Å². The zero-order valence-corrected chi connectivity index (χ0v) is 10.0. The molecule has 1 saturated carbocycles. The molecule has 0 aromatic heterocycles. The molecule has 1 fully saturated rings. The zero-order chi connectivity index (χ0) is 10.9. The smallest absolute Gasteiger partial charge is 0.0342 e. The summed E-state index contributed by atoms with van der Waals surface area (Å²) in [6.07, 6.45) is 3.86. The van der Waals surface area contributed by atoms with Crippen LogP contribution in [0.15, 0.2) is 24.3 Å². The highest BCUT2D eigenvalue weighted by Gasteiger charge is 2.42. The standard InChI is InChI=1S/C14H21N/c1-4-12-5-7-13(8-6-12)15-11(2)14(3)9-10-14/h5-8,11,15H,4,9-10H2,1-3H3. The van der Waals surface area contributed by atoms with Crippen LogP contribution in [0.3, 0.4) is 0 Å². The first-order valence-electron chi connectivity index (χ1n) is 5.99. The van der Waals surface area contributed by atoms with Gasteiger partial charge in [-0.25, -0.2) is 0 Å². The third-order valence-electron chi connectivity index (χ3n) is 3.83. The summed E-state index contributed by atoms with van der Waals surface area (Å²) in [7, 11) is 0. The fourth-order valence-electron chi connectivity index (χ4n) is 1.89. The summed E-state index contributed by atoms with van der Waals surface area (Å²) in [4.78, 5) is 0. The Morgan fingerprint density at radius 1 is 1.27 bits per heavy atom. The van der Waals surface area contributed by atoms with Gasteiger partial charge in [-0.05, 0) is 49.3 Å². The average molecular weight is 203 g/mol. The molecule has 0 aliphatic heterocycles. The minimum Gasteiger partial charge on any atom is -0.382 e. The van der Waals surface area contributed by atoms with Crippen molar-refractivity contribution in [2.45, 2.75) is 46.1 Å². The van der Waals surface area contributed by atoms with Gasteiger partial charge in [0.15, 0.2) is 0 Å². The van der Waals surface area contributed by atoms with Crippen molar-refractivity contribution in [3.05, 3.63) is 29.8 Å². The van der Waals surface area contributed by atoms with Crippen molar-refractivity contribution < 1.29 is 0 Å². The number of hydrogen-bond acceptors (Lipinski definition) is 1. The first kappa shape index (κ1) is 10.5. The highest BCUT2D eigenvalue weighted by atomic mass is 14.9. The number of hydrogen-bond donors (Lipinski definition) is 1. The zero-order valence-electron chi connectivity index (χ0n) is 10.0. The van der Waals surface area contributed by atoms with E-state index in [1.807, 2.05) is 0 Å². The third-order valence-corrected chi connectivity index (χ3v) is 3.83. The molecular weight excluding hydrogens is 182 g/mol. The van der Waals surface area contributed by atoms with Gasteiger partial charge in [0.1, 0.15) is 0 Å². The molecule has 2 rings (SSSR count). The SMILES string of the molecule is CCc1ccc(NC(C)C2(C)CC2)cc1. The lowest BCUT2D eigenvalue weighted by atomic mass is 10.0. The Bertz CT molecular complexity index is 322. The first-order chi connectivity index (χ1) is 7.14. The quantitative estimate of drug-likeness (QED) is 0.783. The largest absolute Gasteiger partial charge is 0.382 e. The Labute approximate surface area is 92.9 Å². The van der Waals surface area contributed by atoms with Gasteiger partial charge < -0.3 is 5.32 Å². The van der Waals surface area contributed by atoms with Crippen LogP contribution in [0.4, 0.5) is 5.69 Å². The number of anilines is 1. The second-order valence-electron chi connectivity index (χ2n) is 5.07. The first-order valence-corrected chi connectivity index (χ1v) is 5.99. The number of nitrogens with one attached hydrogen (secondary N) is 1. The van der Waals surface area contributed by atoms with E-state index in [0.717, 1.165) is 6.42 Å². The third kappa shape index (κ3) is 2.34. The van der Waals surface area contributed by atoms with Crippen LogP contribution in [0, 0.1) is 5.41 Å². The van der Waals surface area contributed by atoms with Crippen molar-refractivity contribution in [3.8, 4) is 0 Å².